The lowest BCUT2D eigenvalue weighted by Gasteiger charge is -2.52. The van der Waals surface area contributed by atoms with E-state index >= 15 is 0 Å². The van der Waals surface area contributed by atoms with Gasteiger partial charge in [-0.2, -0.15) is 0 Å². The summed E-state index contributed by atoms with van der Waals surface area (Å²) in [4.78, 5) is 0. The number of hydrogen-bond acceptors (Lipinski definition) is 3. The molecule has 0 spiro atoms. The summed E-state index contributed by atoms with van der Waals surface area (Å²) >= 11 is 0. The van der Waals surface area contributed by atoms with Crippen LogP contribution < -0.4 is 5.73 Å². The molecule has 2 aliphatic rings. The van der Waals surface area contributed by atoms with E-state index in [4.69, 9.17) is 10.5 Å². The second-order valence-electron chi connectivity index (χ2n) is 6.00. The van der Waals surface area contributed by atoms with E-state index in [9.17, 15) is 5.11 Å². The fourth-order valence-electron chi connectivity index (χ4n) is 3.82. The van der Waals surface area contributed by atoms with Gasteiger partial charge in [-0.25, -0.2) is 0 Å². The fraction of sp³-hybridized carbons (Fsp3) is 1.00. The van der Waals surface area contributed by atoms with Gasteiger partial charge in [-0.15, -0.1) is 0 Å². The molecule has 0 amide bonds. The molecular formula is C14H27NO2. The summed E-state index contributed by atoms with van der Waals surface area (Å²) in [5, 5.41) is 11.1. The van der Waals surface area contributed by atoms with E-state index in [0.29, 0.717) is 12.5 Å². The van der Waals surface area contributed by atoms with Crippen LogP contribution in [0.25, 0.3) is 0 Å². The molecule has 2 fully saturated rings. The maximum Gasteiger partial charge on any atom is 0.0720 e. The van der Waals surface area contributed by atoms with Gasteiger partial charge in [0.2, 0.25) is 0 Å². The fourth-order valence-corrected chi connectivity index (χ4v) is 3.82. The van der Waals surface area contributed by atoms with Crippen molar-refractivity contribution < 1.29 is 9.84 Å². The molecule has 1 heterocycles. The van der Waals surface area contributed by atoms with E-state index < -0.39 is 5.60 Å². The molecular weight excluding hydrogens is 214 g/mol. The molecule has 0 aromatic heterocycles. The van der Waals surface area contributed by atoms with Gasteiger partial charge in [-0.05, 0) is 31.6 Å². The average Bonchev–Trinajstić information content (AvgIpc) is 2.39. The Morgan fingerprint density at radius 3 is 2.59 bits per heavy atom. The normalized spacial score (nSPS) is 37.9. The summed E-state index contributed by atoms with van der Waals surface area (Å²) in [5.41, 5.74) is 5.40. The molecule has 0 aromatic rings. The van der Waals surface area contributed by atoms with Crippen LogP contribution in [0.3, 0.4) is 0 Å². The first-order valence-corrected chi connectivity index (χ1v) is 7.16. The average molecular weight is 241 g/mol. The van der Waals surface area contributed by atoms with Gasteiger partial charge in [-0.3, -0.25) is 0 Å². The molecule has 2 rings (SSSR count). The largest absolute Gasteiger partial charge is 0.389 e. The van der Waals surface area contributed by atoms with Crippen molar-refractivity contribution in [3.8, 4) is 0 Å². The van der Waals surface area contributed by atoms with Crippen LogP contribution in [0.2, 0.25) is 0 Å². The van der Waals surface area contributed by atoms with E-state index in [0.717, 1.165) is 45.3 Å². The molecule has 3 N–H and O–H groups in total. The van der Waals surface area contributed by atoms with Gasteiger partial charge in [0.25, 0.3) is 0 Å². The van der Waals surface area contributed by atoms with Crippen molar-refractivity contribution in [3.63, 3.8) is 0 Å². The number of ether oxygens (including phenoxy) is 1. The smallest absolute Gasteiger partial charge is 0.0720 e. The van der Waals surface area contributed by atoms with Crippen LogP contribution in [-0.2, 0) is 4.74 Å². The molecule has 17 heavy (non-hydrogen) atoms. The molecule has 1 aliphatic carbocycles. The van der Waals surface area contributed by atoms with Crippen molar-refractivity contribution in [1.82, 2.24) is 0 Å². The van der Waals surface area contributed by atoms with Gasteiger partial charge < -0.3 is 15.6 Å². The standard InChI is InChI=1S/C14H27NO2/c1-2-12-4-3-5-14(16,10-12)13(11-15)6-8-17-9-7-13/h12,16H,2-11,15H2,1H3. The molecule has 0 bridgehead atoms. The lowest BCUT2D eigenvalue weighted by atomic mass is 9.59. The molecule has 0 aromatic carbocycles. The van der Waals surface area contributed by atoms with E-state index in [1.807, 2.05) is 0 Å². The minimum atomic E-state index is -0.537. The van der Waals surface area contributed by atoms with Gasteiger partial charge in [0.15, 0.2) is 0 Å². The predicted molar refractivity (Wildman–Crippen MR) is 68.7 cm³/mol. The van der Waals surface area contributed by atoms with Crippen molar-refractivity contribution in [2.24, 2.45) is 17.1 Å². The highest BCUT2D eigenvalue weighted by Gasteiger charge is 2.51. The molecule has 0 radical (unpaired) electrons. The Kier molecular flexibility index (Phi) is 4.11. The number of hydrogen-bond donors (Lipinski definition) is 2. The predicted octanol–water partition coefficient (Wildman–Crippen LogP) is 2.07. The van der Waals surface area contributed by atoms with E-state index in [-0.39, 0.29) is 5.41 Å². The molecule has 1 saturated carbocycles. The Morgan fingerprint density at radius 2 is 2.00 bits per heavy atom. The highest BCUT2D eigenvalue weighted by Crippen LogP contribution is 2.49. The van der Waals surface area contributed by atoms with Crippen LogP contribution in [-0.4, -0.2) is 30.5 Å². The first-order chi connectivity index (χ1) is 8.16. The molecule has 2 unspecified atom stereocenters. The van der Waals surface area contributed by atoms with Crippen molar-refractivity contribution in [2.45, 2.75) is 57.5 Å². The van der Waals surface area contributed by atoms with Gasteiger partial charge in [-0.1, -0.05) is 26.2 Å². The van der Waals surface area contributed by atoms with Crippen molar-refractivity contribution >= 4 is 0 Å². The quantitative estimate of drug-likeness (QED) is 0.795. The molecule has 1 saturated heterocycles. The Hall–Kier alpha value is -0.120. The maximum absolute atomic E-state index is 11.1. The zero-order valence-electron chi connectivity index (χ0n) is 11.1. The topological polar surface area (TPSA) is 55.5 Å². The van der Waals surface area contributed by atoms with Crippen molar-refractivity contribution in [1.29, 1.82) is 0 Å². The monoisotopic (exact) mass is 241 g/mol. The van der Waals surface area contributed by atoms with Crippen molar-refractivity contribution in [3.05, 3.63) is 0 Å². The number of aliphatic hydroxyl groups is 1. The second-order valence-corrected chi connectivity index (χ2v) is 6.00. The molecule has 100 valence electrons. The maximum atomic E-state index is 11.1. The zero-order valence-corrected chi connectivity index (χ0v) is 11.1. The third-order valence-electron chi connectivity index (χ3n) is 5.23. The van der Waals surface area contributed by atoms with E-state index in [2.05, 4.69) is 6.92 Å². The zero-order chi connectivity index (χ0) is 12.4. The molecule has 1 aliphatic heterocycles. The summed E-state index contributed by atoms with van der Waals surface area (Å²) in [6.07, 6.45) is 7.33. The summed E-state index contributed by atoms with van der Waals surface area (Å²) in [6.45, 7) is 4.35. The Bertz CT molecular complexity index is 251. The lowest BCUT2D eigenvalue weighted by molar-refractivity contribution is -0.154. The number of nitrogens with two attached hydrogens (primary N) is 1. The Labute approximate surface area is 105 Å². The minimum absolute atomic E-state index is 0.0842. The van der Waals surface area contributed by atoms with Crippen molar-refractivity contribution in [2.75, 3.05) is 19.8 Å². The lowest BCUT2D eigenvalue weighted by Crippen LogP contribution is -2.57. The van der Waals surface area contributed by atoms with Crippen LogP contribution in [0.15, 0.2) is 0 Å². The molecule has 3 nitrogen and oxygen atoms in total. The van der Waals surface area contributed by atoms with Crippen LogP contribution in [0, 0.1) is 11.3 Å². The Balaban J connectivity index is 2.15. The third-order valence-corrected chi connectivity index (χ3v) is 5.23. The van der Waals surface area contributed by atoms with Crippen LogP contribution in [0.5, 0.6) is 0 Å². The number of rotatable bonds is 3. The van der Waals surface area contributed by atoms with Crippen LogP contribution >= 0.6 is 0 Å². The van der Waals surface area contributed by atoms with Gasteiger partial charge >= 0.3 is 0 Å². The minimum Gasteiger partial charge on any atom is -0.389 e. The molecule has 2 atom stereocenters. The summed E-state index contributed by atoms with van der Waals surface area (Å²) in [5.74, 6) is 0.681. The summed E-state index contributed by atoms with van der Waals surface area (Å²) in [7, 11) is 0. The second kappa shape index (κ2) is 5.25. The Morgan fingerprint density at radius 1 is 1.29 bits per heavy atom. The van der Waals surface area contributed by atoms with E-state index in [1.165, 1.54) is 12.8 Å². The first kappa shape index (κ1) is 13.3. The van der Waals surface area contributed by atoms with Crippen LogP contribution in [0.1, 0.15) is 51.9 Å². The summed E-state index contributed by atoms with van der Waals surface area (Å²) < 4.78 is 5.45. The van der Waals surface area contributed by atoms with Gasteiger partial charge in [0.1, 0.15) is 0 Å². The van der Waals surface area contributed by atoms with Gasteiger partial charge in [0, 0.05) is 25.2 Å². The SMILES string of the molecule is CCC1CCCC(O)(C2(CN)CCOCC2)C1. The first-order valence-electron chi connectivity index (χ1n) is 7.16. The summed E-state index contributed by atoms with van der Waals surface area (Å²) in [6, 6.07) is 0. The van der Waals surface area contributed by atoms with Gasteiger partial charge in [0.05, 0.1) is 5.60 Å². The highest BCUT2D eigenvalue weighted by atomic mass is 16.5. The van der Waals surface area contributed by atoms with E-state index in [1.54, 1.807) is 0 Å². The third kappa shape index (κ3) is 2.38. The highest BCUT2D eigenvalue weighted by molar-refractivity contribution is 5.03. The molecule has 3 heteroatoms. The van der Waals surface area contributed by atoms with Crippen LogP contribution in [0.4, 0.5) is 0 Å².